The number of likely N-dealkylation sites (tertiary alicyclic amines) is 1. The van der Waals surface area contributed by atoms with Gasteiger partial charge in [0.25, 0.3) is 5.91 Å². The topological polar surface area (TPSA) is 91.0 Å². The van der Waals surface area contributed by atoms with Crippen molar-refractivity contribution in [2.24, 2.45) is 0 Å². The summed E-state index contributed by atoms with van der Waals surface area (Å²) in [5, 5.41) is 5.51. The van der Waals surface area contributed by atoms with E-state index in [0.29, 0.717) is 38.0 Å². The molecule has 4 amide bonds. The second kappa shape index (κ2) is 9.99. The van der Waals surface area contributed by atoms with Crippen molar-refractivity contribution < 1.29 is 27.9 Å². The van der Waals surface area contributed by atoms with E-state index in [1.807, 2.05) is 6.07 Å². The Morgan fingerprint density at radius 1 is 1.14 bits per heavy atom. The van der Waals surface area contributed by atoms with Gasteiger partial charge in [-0.2, -0.15) is 0 Å². The molecule has 2 heterocycles. The fourth-order valence-corrected chi connectivity index (χ4v) is 4.54. The van der Waals surface area contributed by atoms with Crippen LogP contribution in [0.3, 0.4) is 0 Å². The molecule has 1 atom stereocenters. The number of nitrogens with one attached hydrogen (secondary N) is 2. The van der Waals surface area contributed by atoms with Crippen LogP contribution in [0.25, 0.3) is 0 Å². The quantitative estimate of drug-likeness (QED) is 0.587. The van der Waals surface area contributed by atoms with E-state index in [1.165, 1.54) is 44.4 Å². The van der Waals surface area contributed by atoms with Crippen LogP contribution < -0.4 is 15.4 Å². The van der Waals surface area contributed by atoms with Crippen molar-refractivity contribution in [2.75, 3.05) is 26.7 Å². The summed E-state index contributed by atoms with van der Waals surface area (Å²) in [4.78, 5) is 41.1. The molecule has 0 spiro atoms. The minimum atomic E-state index is -1.36. The Morgan fingerprint density at radius 3 is 2.46 bits per heavy atom. The lowest BCUT2D eigenvalue weighted by Crippen LogP contribution is -2.48. The van der Waals surface area contributed by atoms with Crippen molar-refractivity contribution in [1.82, 2.24) is 20.4 Å². The molecule has 8 nitrogen and oxygen atoms in total. The second-order valence-corrected chi connectivity index (χ2v) is 9.04. The van der Waals surface area contributed by atoms with Gasteiger partial charge in [0.1, 0.15) is 17.9 Å². The number of hydrogen-bond acceptors (Lipinski definition) is 5. The molecule has 2 aromatic carbocycles. The Balaban J connectivity index is 1.28. The van der Waals surface area contributed by atoms with E-state index in [0.717, 1.165) is 10.5 Å². The van der Waals surface area contributed by atoms with E-state index in [2.05, 4.69) is 15.5 Å². The van der Waals surface area contributed by atoms with Crippen molar-refractivity contribution in [2.45, 2.75) is 37.9 Å². The lowest BCUT2D eigenvalue weighted by Gasteiger charge is -2.32. The summed E-state index contributed by atoms with van der Waals surface area (Å²) in [6.07, 6.45) is 1.38. The second-order valence-electron chi connectivity index (χ2n) is 9.04. The van der Waals surface area contributed by atoms with Crippen LogP contribution in [0.2, 0.25) is 0 Å². The van der Waals surface area contributed by atoms with Crippen molar-refractivity contribution in [3.8, 4) is 5.75 Å². The highest BCUT2D eigenvalue weighted by Gasteiger charge is 2.49. The number of carbonyl (C=O) groups excluding carboxylic acids is 3. The molecule has 0 saturated carbocycles. The first kappa shape index (κ1) is 24.6. The van der Waals surface area contributed by atoms with Gasteiger partial charge in [-0.25, -0.2) is 13.6 Å². The highest BCUT2D eigenvalue weighted by atomic mass is 19.1. The van der Waals surface area contributed by atoms with Gasteiger partial charge >= 0.3 is 6.03 Å². The van der Waals surface area contributed by atoms with Crippen LogP contribution in [0.1, 0.15) is 30.9 Å². The van der Waals surface area contributed by atoms with E-state index in [-0.39, 0.29) is 11.8 Å². The van der Waals surface area contributed by atoms with Crippen LogP contribution in [0.15, 0.2) is 42.5 Å². The van der Waals surface area contributed by atoms with Crippen molar-refractivity contribution in [3.05, 3.63) is 65.2 Å². The summed E-state index contributed by atoms with van der Waals surface area (Å²) in [5.41, 5.74) is -0.0880. The van der Waals surface area contributed by atoms with E-state index in [9.17, 15) is 23.2 Å². The van der Waals surface area contributed by atoms with Gasteiger partial charge in [0, 0.05) is 25.7 Å². The third-order valence-electron chi connectivity index (χ3n) is 6.57. The molecule has 2 aromatic rings. The summed E-state index contributed by atoms with van der Waals surface area (Å²) in [5.74, 6) is -1.63. The molecule has 1 unspecified atom stereocenters. The molecule has 2 aliphatic heterocycles. The van der Waals surface area contributed by atoms with Crippen molar-refractivity contribution in [3.63, 3.8) is 0 Å². The van der Waals surface area contributed by atoms with Crippen LogP contribution >= 0.6 is 0 Å². The first-order chi connectivity index (χ1) is 16.7. The van der Waals surface area contributed by atoms with Crippen LogP contribution in [0, 0.1) is 11.6 Å². The number of rotatable bonds is 7. The average molecular weight is 487 g/mol. The largest absolute Gasteiger partial charge is 0.494 e. The van der Waals surface area contributed by atoms with Gasteiger partial charge in [-0.05, 0) is 55.2 Å². The van der Waals surface area contributed by atoms with Crippen LogP contribution in [-0.2, 0) is 21.7 Å². The van der Waals surface area contributed by atoms with Gasteiger partial charge in [0.2, 0.25) is 5.91 Å². The summed E-state index contributed by atoms with van der Waals surface area (Å²) in [6, 6.07) is 9.44. The maximum atomic E-state index is 13.9. The Kier molecular flexibility index (Phi) is 7.02. The van der Waals surface area contributed by atoms with Gasteiger partial charge in [-0.1, -0.05) is 18.2 Å². The standard InChI is InChI=1S/C25H28F2N4O4/c1-25(17-4-6-18(26)7-5-17)23(33)31(24(34)29-25)15-22(32)28-19-9-11-30(12-10-19)14-16-3-8-21(35-2)20(27)13-16/h3-8,13,19H,9-12,14-15H2,1-2H3,(H,28,32)(H,29,34). The zero-order valence-electron chi connectivity index (χ0n) is 19.6. The molecule has 35 heavy (non-hydrogen) atoms. The molecule has 4 rings (SSSR count). The first-order valence-electron chi connectivity index (χ1n) is 11.4. The minimum Gasteiger partial charge on any atom is -0.494 e. The molecule has 2 aliphatic rings. The Bertz CT molecular complexity index is 1120. The highest BCUT2D eigenvalue weighted by Crippen LogP contribution is 2.29. The molecular formula is C25H28F2N4O4. The number of imide groups is 1. The smallest absolute Gasteiger partial charge is 0.325 e. The fraction of sp³-hybridized carbons (Fsp3) is 0.400. The summed E-state index contributed by atoms with van der Waals surface area (Å²) in [6.45, 7) is 3.15. The zero-order chi connectivity index (χ0) is 25.2. The van der Waals surface area contributed by atoms with Gasteiger partial charge in [-0.15, -0.1) is 0 Å². The number of nitrogens with zero attached hydrogens (tertiary/aromatic N) is 2. The number of halogens is 2. The average Bonchev–Trinajstić information content (AvgIpc) is 3.04. The SMILES string of the molecule is COc1ccc(CN2CCC(NC(=O)CN3C(=O)NC(C)(c4ccc(F)cc4)C3=O)CC2)cc1F. The Labute approximate surface area is 202 Å². The number of hydrogen-bond donors (Lipinski definition) is 2. The van der Waals surface area contributed by atoms with Gasteiger partial charge in [-0.3, -0.25) is 19.4 Å². The molecule has 2 fully saturated rings. The number of benzene rings is 2. The molecule has 0 aliphatic carbocycles. The number of urea groups is 1. The predicted octanol–water partition coefficient (Wildman–Crippen LogP) is 2.52. The lowest BCUT2D eigenvalue weighted by molar-refractivity contribution is -0.135. The third-order valence-corrected chi connectivity index (χ3v) is 6.57. The first-order valence-corrected chi connectivity index (χ1v) is 11.4. The highest BCUT2D eigenvalue weighted by molar-refractivity contribution is 6.09. The van der Waals surface area contributed by atoms with E-state index in [1.54, 1.807) is 6.07 Å². The minimum absolute atomic E-state index is 0.0874. The lowest BCUT2D eigenvalue weighted by atomic mass is 9.92. The van der Waals surface area contributed by atoms with Gasteiger partial charge in [0.15, 0.2) is 11.6 Å². The van der Waals surface area contributed by atoms with Crippen molar-refractivity contribution >= 4 is 17.8 Å². The third kappa shape index (κ3) is 5.27. The summed E-state index contributed by atoms with van der Waals surface area (Å²) in [7, 11) is 1.42. The normalized spacial score (nSPS) is 21.2. The van der Waals surface area contributed by atoms with Gasteiger partial charge in [0.05, 0.1) is 7.11 Å². The molecule has 0 radical (unpaired) electrons. The van der Waals surface area contributed by atoms with Crippen molar-refractivity contribution in [1.29, 1.82) is 0 Å². The Hall–Kier alpha value is -3.53. The summed E-state index contributed by atoms with van der Waals surface area (Å²) >= 11 is 0. The maximum absolute atomic E-state index is 13.9. The number of ether oxygens (including phenoxy) is 1. The fourth-order valence-electron chi connectivity index (χ4n) is 4.54. The molecule has 0 aromatic heterocycles. The van der Waals surface area contributed by atoms with E-state index >= 15 is 0 Å². The van der Waals surface area contributed by atoms with Crippen LogP contribution in [0.4, 0.5) is 13.6 Å². The maximum Gasteiger partial charge on any atom is 0.325 e. The van der Waals surface area contributed by atoms with E-state index < -0.39 is 41.6 Å². The van der Waals surface area contributed by atoms with Gasteiger partial charge < -0.3 is 15.4 Å². The molecule has 10 heteroatoms. The van der Waals surface area contributed by atoms with Crippen LogP contribution in [0.5, 0.6) is 5.75 Å². The molecule has 2 N–H and O–H groups in total. The monoisotopic (exact) mass is 486 g/mol. The predicted molar refractivity (Wildman–Crippen MR) is 123 cm³/mol. The Morgan fingerprint density at radius 2 is 1.83 bits per heavy atom. The number of piperidine rings is 1. The zero-order valence-corrected chi connectivity index (χ0v) is 19.6. The molecule has 2 saturated heterocycles. The number of carbonyl (C=O) groups is 3. The molecule has 186 valence electrons. The number of methoxy groups -OCH3 is 1. The number of amides is 4. The summed E-state index contributed by atoms with van der Waals surface area (Å²) < 4.78 is 32.1. The van der Waals surface area contributed by atoms with E-state index in [4.69, 9.17) is 4.74 Å². The molecule has 0 bridgehead atoms. The molecular weight excluding hydrogens is 458 g/mol. The van der Waals surface area contributed by atoms with Crippen LogP contribution in [-0.4, -0.2) is 60.4 Å².